The van der Waals surface area contributed by atoms with Crippen molar-refractivity contribution in [1.82, 2.24) is 10.2 Å². The lowest BCUT2D eigenvalue weighted by Crippen LogP contribution is -2.47. The van der Waals surface area contributed by atoms with Crippen molar-refractivity contribution in [3.05, 3.63) is 88.5 Å². The third-order valence-electron chi connectivity index (χ3n) is 6.69. The number of carbonyl (C=O) groups is 1. The molecule has 1 amide bonds. The number of carbonyl (C=O) groups excluding carboxylic acids is 1. The van der Waals surface area contributed by atoms with Crippen LogP contribution in [0.25, 0.3) is 0 Å². The van der Waals surface area contributed by atoms with Gasteiger partial charge < -0.3 is 19.5 Å². The first kappa shape index (κ1) is 24.6. The molecule has 1 N–H and O–H groups in total. The molecular formula is C29H34N2O4. The number of benzene rings is 3. The maximum absolute atomic E-state index is 13.1. The van der Waals surface area contributed by atoms with E-state index in [1.54, 1.807) is 21.3 Å². The highest BCUT2D eigenvalue weighted by atomic mass is 16.5. The van der Waals surface area contributed by atoms with Crippen LogP contribution in [0.1, 0.15) is 45.6 Å². The lowest BCUT2D eigenvalue weighted by molar-refractivity contribution is 0.0877. The standard InChI is InChI=1S/C29H34N2O4/c1-19-9-11-22(12-10-19)29(32)30-20(2)28-25-17-27(35-5)26(34-4)16-23(25)13-14-31(28)18-21-7-6-8-24(15-21)33-3/h6-12,15-17,20,28H,13-14,18H2,1-5H3,(H,30,32)/t20-,28+/m0/s1. The zero-order chi connectivity index (χ0) is 24.9. The number of hydrogen-bond acceptors (Lipinski definition) is 5. The average molecular weight is 475 g/mol. The number of methoxy groups -OCH3 is 3. The molecule has 1 aliphatic rings. The van der Waals surface area contributed by atoms with Gasteiger partial charge in [0.15, 0.2) is 11.5 Å². The van der Waals surface area contributed by atoms with Gasteiger partial charge in [0.05, 0.1) is 27.4 Å². The van der Waals surface area contributed by atoms with E-state index >= 15 is 0 Å². The Kier molecular flexibility index (Phi) is 7.61. The summed E-state index contributed by atoms with van der Waals surface area (Å²) in [6.07, 6.45) is 0.884. The fraction of sp³-hybridized carbons (Fsp3) is 0.345. The molecule has 0 fully saturated rings. The van der Waals surface area contributed by atoms with Crippen molar-refractivity contribution < 1.29 is 19.0 Å². The third-order valence-corrected chi connectivity index (χ3v) is 6.69. The molecule has 6 heteroatoms. The molecular weight excluding hydrogens is 440 g/mol. The smallest absolute Gasteiger partial charge is 0.251 e. The number of amides is 1. The first-order valence-electron chi connectivity index (χ1n) is 11.9. The van der Waals surface area contributed by atoms with E-state index < -0.39 is 0 Å². The predicted molar refractivity (Wildman–Crippen MR) is 138 cm³/mol. The summed E-state index contributed by atoms with van der Waals surface area (Å²) in [5.41, 5.74) is 5.31. The van der Waals surface area contributed by atoms with E-state index in [1.807, 2.05) is 43.3 Å². The highest BCUT2D eigenvalue weighted by Crippen LogP contribution is 2.40. The number of nitrogens with one attached hydrogen (secondary N) is 1. The van der Waals surface area contributed by atoms with Crippen molar-refractivity contribution in [2.75, 3.05) is 27.9 Å². The summed E-state index contributed by atoms with van der Waals surface area (Å²) in [5.74, 6) is 2.18. The second kappa shape index (κ2) is 10.8. The van der Waals surface area contributed by atoms with E-state index in [2.05, 4.69) is 41.4 Å². The molecule has 35 heavy (non-hydrogen) atoms. The maximum atomic E-state index is 13.1. The maximum Gasteiger partial charge on any atom is 0.251 e. The van der Waals surface area contributed by atoms with Crippen LogP contribution in [0, 0.1) is 6.92 Å². The van der Waals surface area contributed by atoms with Crippen molar-refractivity contribution in [3.63, 3.8) is 0 Å². The number of ether oxygens (including phenoxy) is 3. The summed E-state index contributed by atoms with van der Waals surface area (Å²) in [5, 5.41) is 3.25. The first-order valence-corrected chi connectivity index (χ1v) is 11.9. The minimum Gasteiger partial charge on any atom is -0.497 e. The highest BCUT2D eigenvalue weighted by Gasteiger charge is 2.34. The van der Waals surface area contributed by atoms with Crippen LogP contribution in [0.15, 0.2) is 60.7 Å². The SMILES string of the molecule is COc1cccc(CN2CCc3cc(OC)c(OC)cc3[C@H]2[C@H](C)NC(=O)c2ccc(C)cc2)c1. The van der Waals surface area contributed by atoms with Gasteiger partial charge in [-0.05, 0) is 73.4 Å². The molecule has 3 aromatic carbocycles. The molecule has 0 aliphatic carbocycles. The van der Waals surface area contributed by atoms with Crippen molar-refractivity contribution in [3.8, 4) is 17.2 Å². The van der Waals surface area contributed by atoms with Gasteiger partial charge in [0.1, 0.15) is 5.75 Å². The monoisotopic (exact) mass is 474 g/mol. The van der Waals surface area contributed by atoms with Gasteiger partial charge in [0.25, 0.3) is 5.91 Å². The lowest BCUT2D eigenvalue weighted by atomic mass is 9.87. The Morgan fingerprint density at radius 1 is 1.00 bits per heavy atom. The molecule has 0 bridgehead atoms. The molecule has 6 nitrogen and oxygen atoms in total. The van der Waals surface area contributed by atoms with Gasteiger partial charge in [-0.3, -0.25) is 9.69 Å². The summed E-state index contributed by atoms with van der Waals surface area (Å²) < 4.78 is 16.6. The molecule has 184 valence electrons. The van der Waals surface area contributed by atoms with Crippen LogP contribution < -0.4 is 19.5 Å². The molecule has 2 atom stereocenters. The molecule has 0 radical (unpaired) electrons. The summed E-state index contributed by atoms with van der Waals surface area (Å²) in [6.45, 7) is 5.68. The van der Waals surface area contributed by atoms with Gasteiger partial charge in [-0.15, -0.1) is 0 Å². The van der Waals surface area contributed by atoms with E-state index in [9.17, 15) is 4.79 Å². The van der Waals surface area contributed by atoms with Crippen molar-refractivity contribution in [2.24, 2.45) is 0 Å². The predicted octanol–water partition coefficient (Wildman–Crippen LogP) is 4.94. The van der Waals surface area contributed by atoms with E-state index in [-0.39, 0.29) is 18.0 Å². The fourth-order valence-corrected chi connectivity index (χ4v) is 4.87. The van der Waals surface area contributed by atoms with E-state index in [4.69, 9.17) is 14.2 Å². The van der Waals surface area contributed by atoms with Crippen LogP contribution in [-0.2, 0) is 13.0 Å². The van der Waals surface area contributed by atoms with Crippen LogP contribution in [0.2, 0.25) is 0 Å². The van der Waals surface area contributed by atoms with Gasteiger partial charge in [-0.25, -0.2) is 0 Å². The topological polar surface area (TPSA) is 60.0 Å². The lowest BCUT2D eigenvalue weighted by Gasteiger charge is -2.41. The van der Waals surface area contributed by atoms with E-state index in [0.717, 1.165) is 47.7 Å². The Bertz CT molecular complexity index is 1180. The molecule has 1 heterocycles. The Labute approximate surface area is 207 Å². The third kappa shape index (κ3) is 5.43. The Morgan fingerprint density at radius 2 is 1.71 bits per heavy atom. The Balaban J connectivity index is 1.68. The molecule has 1 aliphatic heterocycles. The fourth-order valence-electron chi connectivity index (χ4n) is 4.87. The van der Waals surface area contributed by atoms with Crippen LogP contribution in [0.4, 0.5) is 0 Å². The minimum absolute atomic E-state index is 0.0424. The van der Waals surface area contributed by atoms with Crippen LogP contribution in [0.3, 0.4) is 0 Å². The Morgan fingerprint density at radius 3 is 2.40 bits per heavy atom. The van der Waals surface area contributed by atoms with Gasteiger partial charge in [0.2, 0.25) is 0 Å². The van der Waals surface area contributed by atoms with Crippen molar-refractivity contribution in [2.45, 2.75) is 38.9 Å². The summed E-state index contributed by atoms with van der Waals surface area (Å²) >= 11 is 0. The van der Waals surface area contributed by atoms with Crippen LogP contribution in [0.5, 0.6) is 17.2 Å². The summed E-state index contributed by atoms with van der Waals surface area (Å²) in [7, 11) is 4.99. The number of fused-ring (bicyclic) bond motifs is 1. The zero-order valence-corrected chi connectivity index (χ0v) is 21.1. The highest BCUT2D eigenvalue weighted by molar-refractivity contribution is 5.94. The molecule has 0 saturated heterocycles. The second-order valence-corrected chi connectivity index (χ2v) is 9.05. The van der Waals surface area contributed by atoms with Crippen molar-refractivity contribution >= 4 is 5.91 Å². The van der Waals surface area contributed by atoms with E-state index in [0.29, 0.717) is 11.3 Å². The zero-order valence-electron chi connectivity index (χ0n) is 21.1. The Hall–Kier alpha value is -3.51. The van der Waals surface area contributed by atoms with Gasteiger partial charge in [0, 0.05) is 24.7 Å². The number of nitrogens with zero attached hydrogens (tertiary/aromatic N) is 1. The minimum atomic E-state index is -0.147. The largest absolute Gasteiger partial charge is 0.497 e. The number of aryl methyl sites for hydroxylation is 1. The van der Waals surface area contributed by atoms with Crippen LogP contribution >= 0.6 is 0 Å². The quantitative estimate of drug-likeness (QED) is 0.501. The van der Waals surface area contributed by atoms with Crippen LogP contribution in [-0.4, -0.2) is 44.7 Å². The van der Waals surface area contributed by atoms with Gasteiger partial charge in [-0.2, -0.15) is 0 Å². The van der Waals surface area contributed by atoms with Crippen molar-refractivity contribution in [1.29, 1.82) is 0 Å². The van der Waals surface area contributed by atoms with Gasteiger partial charge >= 0.3 is 0 Å². The summed E-state index contributed by atoms with van der Waals surface area (Å²) in [4.78, 5) is 15.5. The molecule has 0 spiro atoms. The molecule has 0 aromatic heterocycles. The molecule has 0 saturated carbocycles. The first-order chi connectivity index (χ1) is 16.9. The van der Waals surface area contributed by atoms with Gasteiger partial charge in [-0.1, -0.05) is 29.8 Å². The second-order valence-electron chi connectivity index (χ2n) is 9.05. The molecule has 0 unspecified atom stereocenters. The van der Waals surface area contributed by atoms with E-state index in [1.165, 1.54) is 5.56 Å². The molecule has 3 aromatic rings. The number of hydrogen-bond donors (Lipinski definition) is 1. The summed E-state index contributed by atoms with van der Waals surface area (Å²) in [6, 6.07) is 19.7. The molecule has 4 rings (SSSR count). The number of rotatable bonds is 8. The average Bonchev–Trinajstić information content (AvgIpc) is 2.88. The normalized spacial score (nSPS) is 16.2.